The fourth-order valence-corrected chi connectivity index (χ4v) is 4.83. The Morgan fingerprint density at radius 1 is 1.19 bits per heavy atom. The minimum absolute atomic E-state index is 0.0248. The number of thiazole rings is 1. The number of nitrogens with one attached hydrogen (secondary N) is 1. The SMILES string of the molecule is O=C(c1ccc2ncsc2c1)N1CCC(Cc2n[nH]c(=O)n2-c2ccccc2F)CC1. The van der Waals surface area contributed by atoms with Gasteiger partial charge < -0.3 is 4.90 Å². The monoisotopic (exact) mass is 437 g/mol. The number of rotatable bonds is 4. The van der Waals surface area contributed by atoms with Crippen molar-refractivity contribution in [2.45, 2.75) is 19.3 Å². The van der Waals surface area contributed by atoms with E-state index in [-0.39, 0.29) is 17.5 Å². The summed E-state index contributed by atoms with van der Waals surface area (Å²) < 4.78 is 16.5. The predicted molar refractivity (Wildman–Crippen MR) is 116 cm³/mol. The zero-order valence-corrected chi connectivity index (χ0v) is 17.4. The van der Waals surface area contributed by atoms with Crippen LogP contribution in [0.4, 0.5) is 4.39 Å². The lowest BCUT2D eigenvalue weighted by molar-refractivity contribution is 0.0690. The lowest BCUT2D eigenvalue weighted by atomic mass is 9.92. The van der Waals surface area contributed by atoms with Gasteiger partial charge in [-0.05, 0) is 49.1 Å². The highest BCUT2D eigenvalue weighted by Crippen LogP contribution is 2.25. The first-order chi connectivity index (χ1) is 15.1. The number of carbonyl (C=O) groups excluding carboxylic acids is 1. The van der Waals surface area contributed by atoms with Gasteiger partial charge in [-0.15, -0.1) is 11.3 Å². The molecule has 5 rings (SSSR count). The number of fused-ring (bicyclic) bond motifs is 1. The average molecular weight is 438 g/mol. The van der Waals surface area contributed by atoms with Gasteiger partial charge in [0.15, 0.2) is 0 Å². The van der Waals surface area contributed by atoms with Gasteiger partial charge in [-0.2, -0.15) is 5.10 Å². The highest BCUT2D eigenvalue weighted by molar-refractivity contribution is 7.16. The van der Waals surface area contributed by atoms with Crippen molar-refractivity contribution in [3.63, 3.8) is 0 Å². The molecule has 158 valence electrons. The van der Waals surface area contributed by atoms with Crippen molar-refractivity contribution in [2.24, 2.45) is 5.92 Å². The van der Waals surface area contributed by atoms with Crippen molar-refractivity contribution in [3.05, 3.63) is 75.7 Å². The van der Waals surface area contributed by atoms with Crippen LogP contribution in [0.25, 0.3) is 15.9 Å². The first kappa shape index (κ1) is 19.6. The normalized spacial score (nSPS) is 14.9. The summed E-state index contributed by atoms with van der Waals surface area (Å²) in [6.45, 7) is 1.27. The smallest absolute Gasteiger partial charge is 0.339 e. The summed E-state index contributed by atoms with van der Waals surface area (Å²) in [6, 6.07) is 11.8. The molecule has 0 aliphatic carbocycles. The minimum atomic E-state index is -0.467. The summed E-state index contributed by atoms with van der Waals surface area (Å²) in [5.41, 5.74) is 3.10. The largest absolute Gasteiger partial charge is 0.348 e. The van der Waals surface area contributed by atoms with E-state index in [2.05, 4.69) is 15.2 Å². The molecule has 31 heavy (non-hydrogen) atoms. The third-order valence-electron chi connectivity index (χ3n) is 5.79. The van der Waals surface area contributed by atoms with Gasteiger partial charge in [0, 0.05) is 25.1 Å². The second-order valence-electron chi connectivity index (χ2n) is 7.71. The third-order valence-corrected chi connectivity index (χ3v) is 6.58. The van der Waals surface area contributed by atoms with Crippen LogP contribution in [0.5, 0.6) is 0 Å². The van der Waals surface area contributed by atoms with Gasteiger partial charge in [-0.25, -0.2) is 23.8 Å². The average Bonchev–Trinajstić information content (AvgIpc) is 3.40. The van der Waals surface area contributed by atoms with Crippen LogP contribution in [0.2, 0.25) is 0 Å². The van der Waals surface area contributed by atoms with E-state index >= 15 is 0 Å². The standard InChI is InChI=1S/C22H20FN5O2S/c23-16-3-1-2-4-18(16)28-20(25-26-22(28)30)11-14-7-9-27(10-8-14)21(29)15-5-6-17-19(12-15)31-13-24-17/h1-6,12-14H,7-11H2,(H,26,30). The number of carbonyl (C=O) groups is 1. The lowest BCUT2D eigenvalue weighted by Gasteiger charge is -2.32. The Labute approximate surface area is 181 Å². The zero-order valence-electron chi connectivity index (χ0n) is 16.6. The molecule has 0 bridgehead atoms. The second-order valence-corrected chi connectivity index (χ2v) is 8.59. The molecule has 1 aliphatic rings. The lowest BCUT2D eigenvalue weighted by Crippen LogP contribution is -2.39. The van der Waals surface area contributed by atoms with Crippen LogP contribution >= 0.6 is 11.3 Å². The van der Waals surface area contributed by atoms with Crippen molar-refractivity contribution >= 4 is 27.5 Å². The van der Waals surface area contributed by atoms with Gasteiger partial charge in [0.25, 0.3) is 5.91 Å². The van der Waals surface area contributed by atoms with Crippen LogP contribution < -0.4 is 5.69 Å². The van der Waals surface area contributed by atoms with E-state index < -0.39 is 11.5 Å². The van der Waals surface area contributed by atoms with Crippen molar-refractivity contribution in [1.29, 1.82) is 0 Å². The number of halogens is 1. The molecule has 1 amide bonds. The Balaban J connectivity index is 1.27. The number of hydrogen-bond acceptors (Lipinski definition) is 5. The molecule has 1 saturated heterocycles. The van der Waals surface area contributed by atoms with Crippen LogP contribution in [-0.4, -0.2) is 43.6 Å². The number of para-hydroxylation sites is 1. The first-order valence-corrected chi connectivity index (χ1v) is 11.0. The Morgan fingerprint density at radius 3 is 2.81 bits per heavy atom. The molecule has 9 heteroatoms. The number of hydrogen-bond donors (Lipinski definition) is 1. The van der Waals surface area contributed by atoms with Crippen LogP contribution in [0.3, 0.4) is 0 Å². The fourth-order valence-electron chi connectivity index (χ4n) is 4.12. The maximum atomic E-state index is 14.2. The van der Waals surface area contributed by atoms with Crippen LogP contribution in [0.15, 0.2) is 52.8 Å². The van der Waals surface area contributed by atoms with Crippen molar-refractivity contribution in [2.75, 3.05) is 13.1 Å². The van der Waals surface area contributed by atoms with Crippen molar-refractivity contribution in [1.82, 2.24) is 24.6 Å². The van der Waals surface area contributed by atoms with Gasteiger partial charge in [0.05, 0.1) is 21.4 Å². The molecular formula is C22H20FN5O2S. The molecule has 0 saturated carbocycles. The summed E-state index contributed by atoms with van der Waals surface area (Å²) in [7, 11) is 0. The van der Waals surface area contributed by atoms with E-state index in [1.54, 1.807) is 23.7 Å². The molecule has 0 spiro atoms. The number of benzene rings is 2. The number of H-pyrrole nitrogens is 1. The molecule has 0 atom stereocenters. The van der Waals surface area contributed by atoms with Crippen LogP contribution in [0.1, 0.15) is 29.0 Å². The topological polar surface area (TPSA) is 83.9 Å². The summed E-state index contributed by atoms with van der Waals surface area (Å²) in [4.78, 5) is 31.3. The molecular weight excluding hydrogens is 417 g/mol. The van der Waals surface area contributed by atoms with E-state index in [1.807, 2.05) is 23.1 Å². The Morgan fingerprint density at radius 2 is 2.00 bits per heavy atom. The molecule has 0 unspecified atom stereocenters. The van der Waals surface area contributed by atoms with E-state index in [1.165, 1.54) is 22.0 Å². The van der Waals surface area contributed by atoms with E-state index in [4.69, 9.17) is 0 Å². The number of aromatic nitrogens is 4. The summed E-state index contributed by atoms with van der Waals surface area (Å²) in [5, 5.41) is 6.56. The number of likely N-dealkylation sites (tertiary alicyclic amines) is 1. The third kappa shape index (κ3) is 3.76. The summed E-state index contributed by atoms with van der Waals surface area (Å²) in [5.74, 6) is 0.326. The molecule has 2 aromatic carbocycles. The van der Waals surface area contributed by atoms with Crippen molar-refractivity contribution < 1.29 is 9.18 Å². The van der Waals surface area contributed by atoms with E-state index in [0.29, 0.717) is 30.9 Å². The van der Waals surface area contributed by atoms with Gasteiger partial charge in [0.1, 0.15) is 11.6 Å². The summed E-state index contributed by atoms with van der Waals surface area (Å²) in [6.07, 6.45) is 2.14. The maximum Gasteiger partial charge on any atom is 0.348 e. The first-order valence-electron chi connectivity index (χ1n) is 10.1. The molecule has 2 aromatic heterocycles. The number of nitrogens with zero attached hydrogens (tertiary/aromatic N) is 4. The van der Waals surface area contributed by atoms with Crippen LogP contribution in [-0.2, 0) is 6.42 Å². The van der Waals surface area contributed by atoms with E-state index in [9.17, 15) is 14.0 Å². The van der Waals surface area contributed by atoms with E-state index in [0.717, 1.165) is 23.1 Å². The van der Waals surface area contributed by atoms with Gasteiger partial charge in [-0.1, -0.05) is 12.1 Å². The molecule has 1 N–H and O–H groups in total. The van der Waals surface area contributed by atoms with Gasteiger partial charge >= 0.3 is 5.69 Å². The highest BCUT2D eigenvalue weighted by atomic mass is 32.1. The van der Waals surface area contributed by atoms with Crippen molar-refractivity contribution in [3.8, 4) is 5.69 Å². The molecule has 3 heterocycles. The second kappa shape index (κ2) is 8.07. The van der Waals surface area contributed by atoms with Gasteiger partial charge in [-0.3, -0.25) is 4.79 Å². The Hall–Kier alpha value is -3.33. The highest BCUT2D eigenvalue weighted by Gasteiger charge is 2.26. The van der Waals surface area contributed by atoms with Crippen LogP contribution in [0, 0.1) is 11.7 Å². The molecule has 4 aromatic rings. The zero-order chi connectivity index (χ0) is 21.4. The predicted octanol–water partition coefficient (Wildman–Crippen LogP) is 3.40. The Kier molecular flexibility index (Phi) is 5.11. The molecule has 0 radical (unpaired) electrons. The maximum absolute atomic E-state index is 14.2. The number of aromatic amines is 1. The number of amides is 1. The van der Waals surface area contributed by atoms with Gasteiger partial charge in [0.2, 0.25) is 0 Å². The minimum Gasteiger partial charge on any atom is -0.339 e. The molecule has 7 nitrogen and oxygen atoms in total. The summed E-state index contributed by atoms with van der Waals surface area (Å²) >= 11 is 1.52. The molecule has 1 fully saturated rings. The fraction of sp³-hybridized carbons (Fsp3) is 0.273. The Bertz CT molecular complexity index is 1300. The molecule has 1 aliphatic heterocycles. The quantitative estimate of drug-likeness (QED) is 0.530. The number of piperidine rings is 1.